The third kappa shape index (κ3) is 2.12. The quantitative estimate of drug-likeness (QED) is 0.757. The van der Waals surface area contributed by atoms with Crippen molar-refractivity contribution >= 4 is 16.3 Å². The van der Waals surface area contributed by atoms with Crippen LogP contribution in [0.4, 0.5) is 9.39 Å². The molecule has 0 aliphatic rings. The Hall–Kier alpha value is -2.41. The average Bonchev–Trinajstić information content (AvgIpc) is 2.99. The van der Waals surface area contributed by atoms with E-state index in [0.29, 0.717) is 16.5 Å². The molecule has 0 aliphatic heterocycles. The van der Waals surface area contributed by atoms with Gasteiger partial charge in [0.15, 0.2) is 11.6 Å². The third-order valence-electron chi connectivity index (χ3n) is 2.76. The predicted molar refractivity (Wildman–Crippen MR) is 73.8 cm³/mol. The number of hydrogen-bond acceptors (Lipinski definition) is 6. The van der Waals surface area contributed by atoms with E-state index in [1.54, 1.807) is 0 Å². The number of nitrogens with zero attached hydrogens (tertiary/aromatic N) is 2. The summed E-state index contributed by atoms with van der Waals surface area (Å²) in [6.45, 7) is 1.90. The summed E-state index contributed by atoms with van der Waals surface area (Å²) in [4.78, 5) is 5.02. The molecule has 2 heterocycles. The summed E-state index contributed by atoms with van der Waals surface area (Å²) in [6.07, 6.45) is 0. The number of benzene rings is 1. The summed E-state index contributed by atoms with van der Waals surface area (Å²) < 4.78 is 18.5. The number of anilines is 1. The fourth-order valence-electron chi connectivity index (χ4n) is 1.80. The summed E-state index contributed by atoms with van der Waals surface area (Å²) in [5, 5.41) is 13.6. The number of halogens is 1. The van der Waals surface area contributed by atoms with Crippen molar-refractivity contribution in [2.24, 2.45) is 0 Å². The van der Waals surface area contributed by atoms with Crippen LogP contribution in [-0.4, -0.2) is 15.2 Å². The van der Waals surface area contributed by atoms with E-state index < -0.39 is 11.6 Å². The monoisotopic (exact) mass is 291 g/mol. The van der Waals surface area contributed by atoms with Crippen LogP contribution in [0.15, 0.2) is 28.8 Å². The molecule has 20 heavy (non-hydrogen) atoms. The van der Waals surface area contributed by atoms with Crippen molar-refractivity contribution in [1.29, 1.82) is 0 Å². The van der Waals surface area contributed by atoms with Crippen molar-refractivity contribution in [1.82, 2.24) is 10.1 Å². The molecular weight excluding hydrogens is 281 g/mol. The molecule has 0 unspecified atom stereocenters. The Balaban J connectivity index is 2.01. The van der Waals surface area contributed by atoms with Gasteiger partial charge in [-0.3, -0.25) is 0 Å². The standard InChI is InChI=1S/C13H10FN3O2S/c1-6-4-10(15)20-11(6)13-16-12(17-19-13)7-2-3-9(18)8(14)5-7/h2-5,18H,15H2,1H3. The van der Waals surface area contributed by atoms with Crippen LogP contribution in [0.2, 0.25) is 0 Å². The number of thiophene rings is 1. The van der Waals surface area contributed by atoms with Gasteiger partial charge in [-0.25, -0.2) is 4.39 Å². The number of phenols is 1. The van der Waals surface area contributed by atoms with E-state index in [1.165, 1.54) is 23.5 Å². The first-order valence-electron chi connectivity index (χ1n) is 5.73. The maximum absolute atomic E-state index is 13.3. The number of phenolic OH excluding ortho intramolecular Hbond substituents is 1. The van der Waals surface area contributed by atoms with E-state index in [9.17, 15) is 4.39 Å². The second-order valence-corrected chi connectivity index (χ2v) is 5.33. The Kier molecular flexibility index (Phi) is 2.90. The number of hydrogen-bond donors (Lipinski definition) is 2. The number of aromatic nitrogens is 2. The van der Waals surface area contributed by atoms with Gasteiger partial charge >= 0.3 is 0 Å². The van der Waals surface area contributed by atoms with E-state index in [1.807, 2.05) is 13.0 Å². The van der Waals surface area contributed by atoms with Crippen molar-refractivity contribution in [2.75, 3.05) is 5.73 Å². The minimum Gasteiger partial charge on any atom is -0.505 e. The molecule has 3 rings (SSSR count). The number of aryl methyl sites for hydroxylation is 1. The lowest BCUT2D eigenvalue weighted by molar-refractivity contribution is 0.430. The highest BCUT2D eigenvalue weighted by Gasteiger charge is 2.16. The van der Waals surface area contributed by atoms with Crippen LogP contribution in [0.5, 0.6) is 5.75 Å². The van der Waals surface area contributed by atoms with Gasteiger partial charge in [-0.1, -0.05) is 5.16 Å². The van der Waals surface area contributed by atoms with Crippen LogP contribution in [0.1, 0.15) is 5.56 Å². The first kappa shape index (κ1) is 12.6. The van der Waals surface area contributed by atoms with Gasteiger partial charge in [0.25, 0.3) is 5.89 Å². The Morgan fingerprint density at radius 2 is 2.15 bits per heavy atom. The number of rotatable bonds is 2. The summed E-state index contributed by atoms with van der Waals surface area (Å²) in [5.41, 5.74) is 7.09. The zero-order valence-electron chi connectivity index (χ0n) is 10.4. The molecule has 0 saturated heterocycles. The second kappa shape index (κ2) is 4.61. The van der Waals surface area contributed by atoms with Gasteiger partial charge < -0.3 is 15.4 Å². The molecule has 3 N–H and O–H groups in total. The maximum Gasteiger partial charge on any atom is 0.268 e. The second-order valence-electron chi connectivity index (χ2n) is 4.25. The van der Waals surface area contributed by atoms with E-state index in [0.717, 1.165) is 16.5 Å². The lowest BCUT2D eigenvalue weighted by Gasteiger charge is -1.96. The molecule has 0 bridgehead atoms. The Labute approximate surface area is 117 Å². The van der Waals surface area contributed by atoms with Gasteiger partial charge in [0.2, 0.25) is 5.82 Å². The Morgan fingerprint density at radius 1 is 1.35 bits per heavy atom. The van der Waals surface area contributed by atoms with E-state index in [2.05, 4.69) is 10.1 Å². The summed E-state index contributed by atoms with van der Waals surface area (Å²) in [5.74, 6) is -0.553. The van der Waals surface area contributed by atoms with Crippen LogP contribution in [0.25, 0.3) is 22.2 Å². The zero-order chi connectivity index (χ0) is 14.3. The van der Waals surface area contributed by atoms with E-state index >= 15 is 0 Å². The minimum atomic E-state index is -0.731. The van der Waals surface area contributed by atoms with Crippen molar-refractivity contribution in [3.05, 3.63) is 35.6 Å². The van der Waals surface area contributed by atoms with Gasteiger partial charge in [0, 0.05) is 5.56 Å². The molecule has 0 aliphatic carbocycles. The molecule has 0 spiro atoms. The van der Waals surface area contributed by atoms with Gasteiger partial charge in [0.1, 0.15) is 0 Å². The molecule has 0 atom stereocenters. The zero-order valence-corrected chi connectivity index (χ0v) is 11.2. The largest absolute Gasteiger partial charge is 0.505 e. The van der Waals surface area contributed by atoms with Gasteiger partial charge in [-0.2, -0.15) is 4.98 Å². The van der Waals surface area contributed by atoms with Crippen LogP contribution < -0.4 is 5.73 Å². The van der Waals surface area contributed by atoms with Gasteiger partial charge in [0.05, 0.1) is 9.88 Å². The Morgan fingerprint density at radius 3 is 2.80 bits per heavy atom. The summed E-state index contributed by atoms with van der Waals surface area (Å²) >= 11 is 1.35. The highest BCUT2D eigenvalue weighted by molar-refractivity contribution is 7.19. The third-order valence-corrected chi connectivity index (χ3v) is 3.82. The van der Waals surface area contributed by atoms with Crippen LogP contribution in [0, 0.1) is 12.7 Å². The molecule has 102 valence electrons. The van der Waals surface area contributed by atoms with Crippen LogP contribution >= 0.6 is 11.3 Å². The fraction of sp³-hybridized carbons (Fsp3) is 0.0769. The van der Waals surface area contributed by atoms with Crippen molar-refractivity contribution in [3.8, 4) is 27.9 Å². The molecule has 0 saturated carbocycles. The lowest BCUT2D eigenvalue weighted by Crippen LogP contribution is -1.83. The molecule has 1 aromatic carbocycles. The van der Waals surface area contributed by atoms with E-state index in [-0.39, 0.29) is 5.82 Å². The molecule has 0 radical (unpaired) electrons. The molecule has 0 amide bonds. The van der Waals surface area contributed by atoms with Crippen molar-refractivity contribution in [3.63, 3.8) is 0 Å². The van der Waals surface area contributed by atoms with Crippen molar-refractivity contribution in [2.45, 2.75) is 6.92 Å². The SMILES string of the molecule is Cc1cc(N)sc1-c1nc(-c2ccc(O)c(F)c2)no1. The molecule has 5 nitrogen and oxygen atoms in total. The maximum atomic E-state index is 13.3. The molecule has 3 aromatic rings. The Bertz CT molecular complexity index is 782. The number of aromatic hydroxyl groups is 1. The summed E-state index contributed by atoms with van der Waals surface area (Å²) in [6, 6.07) is 5.74. The molecule has 2 aromatic heterocycles. The smallest absolute Gasteiger partial charge is 0.268 e. The van der Waals surface area contributed by atoms with Crippen molar-refractivity contribution < 1.29 is 14.0 Å². The normalized spacial score (nSPS) is 10.9. The molecule has 7 heteroatoms. The minimum absolute atomic E-state index is 0.255. The molecule has 0 fully saturated rings. The highest BCUT2D eigenvalue weighted by atomic mass is 32.1. The van der Waals surface area contributed by atoms with Crippen LogP contribution in [0.3, 0.4) is 0 Å². The fourth-order valence-corrected chi connectivity index (χ4v) is 2.66. The first-order chi connectivity index (χ1) is 9.54. The summed E-state index contributed by atoms with van der Waals surface area (Å²) in [7, 11) is 0. The number of nitrogen functional groups attached to an aromatic ring is 1. The lowest BCUT2D eigenvalue weighted by atomic mass is 10.2. The topological polar surface area (TPSA) is 85.2 Å². The predicted octanol–water partition coefficient (Wildman–Crippen LogP) is 3.20. The van der Waals surface area contributed by atoms with E-state index in [4.69, 9.17) is 15.4 Å². The van der Waals surface area contributed by atoms with Crippen LogP contribution in [-0.2, 0) is 0 Å². The molecular formula is C13H10FN3O2S. The first-order valence-corrected chi connectivity index (χ1v) is 6.55. The average molecular weight is 291 g/mol. The highest BCUT2D eigenvalue weighted by Crippen LogP contribution is 2.34. The van der Waals surface area contributed by atoms with Gasteiger partial charge in [-0.05, 0) is 36.8 Å². The van der Waals surface area contributed by atoms with Gasteiger partial charge in [-0.15, -0.1) is 11.3 Å². The number of nitrogens with two attached hydrogens (primary N) is 1.